The van der Waals surface area contributed by atoms with Crippen LogP contribution in [-0.2, 0) is 18.1 Å². The standard InChI is InChI=1S/C18H16F3N3O2S2/c1-2-27-12-5-10(17(9-22)3-4-17)7-23-15(12)24-8-13-11(16(25)26)6-14(28-13)18(19,20)21/h5-7H,2-4,8H2,1H3,(H,23,24)(H,25,26). The zero-order chi connectivity index (χ0) is 20.5. The highest BCUT2D eigenvalue weighted by atomic mass is 32.2. The molecule has 1 aliphatic carbocycles. The summed E-state index contributed by atoms with van der Waals surface area (Å²) in [5.74, 6) is -0.195. The predicted molar refractivity (Wildman–Crippen MR) is 101 cm³/mol. The molecule has 3 rings (SSSR count). The summed E-state index contributed by atoms with van der Waals surface area (Å²) in [5.41, 5.74) is -0.0220. The molecule has 0 amide bonds. The van der Waals surface area contributed by atoms with E-state index in [1.165, 1.54) is 11.8 Å². The van der Waals surface area contributed by atoms with Gasteiger partial charge in [0.05, 0.1) is 28.5 Å². The van der Waals surface area contributed by atoms with Crippen LogP contribution in [0.3, 0.4) is 0 Å². The Hall–Kier alpha value is -2.25. The van der Waals surface area contributed by atoms with Gasteiger partial charge in [0.15, 0.2) is 0 Å². The van der Waals surface area contributed by atoms with Crippen LogP contribution in [0.2, 0.25) is 0 Å². The lowest BCUT2D eigenvalue weighted by Gasteiger charge is -2.13. The number of nitrogens with zero attached hydrogens (tertiary/aromatic N) is 2. The average Bonchev–Trinajstić information content (AvgIpc) is 3.31. The van der Waals surface area contributed by atoms with Gasteiger partial charge >= 0.3 is 12.1 Å². The van der Waals surface area contributed by atoms with Crippen LogP contribution in [0.5, 0.6) is 0 Å². The Balaban J connectivity index is 1.85. The van der Waals surface area contributed by atoms with Crippen LogP contribution in [0.1, 0.15) is 45.4 Å². The summed E-state index contributed by atoms with van der Waals surface area (Å²) in [7, 11) is 0. The molecule has 0 bridgehead atoms. The molecule has 0 spiro atoms. The van der Waals surface area contributed by atoms with Crippen molar-refractivity contribution in [2.24, 2.45) is 0 Å². The number of aromatic carboxylic acids is 1. The van der Waals surface area contributed by atoms with Crippen LogP contribution in [0.4, 0.5) is 19.0 Å². The molecule has 28 heavy (non-hydrogen) atoms. The average molecular weight is 427 g/mol. The minimum atomic E-state index is -4.59. The molecule has 0 radical (unpaired) electrons. The molecule has 2 N–H and O–H groups in total. The molecule has 10 heteroatoms. The summed E-state index contributed by atoms with van der Waals surface area (Å²) in [4.78, 5) is 15.6. The van der Waals surface area contributed by atoms with E-state index in [2.05, 4.69) is 16.4 Å². The second-order valence-corrected chi connectivity index (χ2v) is 8.74. The van der Waals surface area contributed by atoms with Crippen molar-refractivity contribution in [2.45, 2.75) is 42.8 Å². The molecule has 2 heterocycles. The van der Waals surface area contributed by atoms with Crippen molar-refractivity contribution in [1.29, 1.82) is 5.26 Å². The Labute approximate surface area is 167 Å². The van der Waals surface area contributed by atoms with E-state index in [0.29, 0.717) is 23.2 Å². The number of carboxylic acid groups (broad SMARTS) is 1. The number of pyridine rings is 1. The van der Waals surface area contributed by atoms with Gasteiger partial charge in [0, 0.05) is 11.1 Å². The van der Waals surface area contributed by atoms with Crippen molar-refractivity contribution >= 4 is 34.9 Å². The van der Waals surface area contributed by atoms with Crippen LogP contribution in [-0.4, -0.2) is 21.8 Å². The zero-order valence-electron chi connectivity index (χ0n) is 14.8. The Bertz CT molecular complexity index is 947. The lowest BCUT2D eigenvalue weighted by atomic mass is 10.00. The van der Waals surface area contributed by atoms with Gasteiger partial charge in [0.2, 0.25) is 0 Å². The fourth-order valence-corrected chi connectivity index (χ4v) is 4.48. The van der Waals surface area contributed by atoms with Crippen LogP contribution in [0.25, 0.3) is 0 Å². The number of nitrogens with one attached hydrogen (secondary N) is 1. The third-order valence-corrected chi connectivity index (χ3v) is 6.50. The van der Waals surface area contributed by atoms with Crippen LogP contribution in [0.15, 0.2) is 23.2 Å². The number of hydrogen-bond acceptors (Lipinski definition) is 6. The molecule has 5 nitrogen and oxygen atoms in total. The highest BCUT2D eigenvalue weighted by Gasteiger charge is 2.45. The van der Waals surface area contributed by atoms with Gasteiger partial charge in [0.1, 0.15) is 10.7 Å². The second-order valence-electron chi connectivity index (χ2n) is 6.30. The first kappa shape index (κ1) is 20.5. The SMILES string of the molecule is CCSc1cc(C2(C#N)CC2)cnc1NCc1sc(C(F)(F)F)cc1C(=O)O. The molecule has 1 aliphatic rings. The van der Waals surface area contributed by atoms with Gasteiger partial charge in [-0.3, -0.25) is 0 Å². The first-order valence-corrected chi connectivity index (χ1v) is 10.2. The van der Waals surface area contributed by atoms with Gasteiger partial charge in [-0.1, -0.05) is 6.92 Å². The quantitative estimate of drug-likeness (QED) is 0.595. The molecule has 0 aliphatic heterocycles. The fraction of sp³-hybridized carbons (Fsp3) is 0.389. The highest BCUT2D eigenvalue weighted by Crippen LogP contribution is 2.48. The van der Waals surface area contributed by atoms with Gasteiger partial charge in [0.25, 0.3) is 0 Å². The molecule has 148 valence electrons. The number of thioether (sulfide) groups is 1. The van der Waals surface area contributed by atoms with Crippen LogP contribution >= 0.6 is 23.1 Å². The molecule has 0 saturated heterocycles. The number of thiophene rings is 1. The Morgan fingerprint density at radius 2 is 2.18 bits per heavy atom. The van der Waals surface area contributed by atoms with Crippen molar-refractivity contribution in [2.75, 3.05) is 11.1 Å². The third-order valence-electron chi connectivity index (χ3n) is 4.40. The summed E-state index contributed by atoms with van der Waals surface area (Å²) in [6.45, 7) is 1.87. The normalized spacial score (nSPS) is 15.1. The molecule has 2 aromatic heterocycles. The first-order chi connectivity index (χ1) is 13.2. The van der Waals surface area contributed by atoms with Crippen molar-refractivity contribution in [3.63, 3.8) is 0 Å². The van der Waals surface area contributed by atoms with E-state index >= 15 is 0 Å². The lowest BCUT2D eigenvalue weighted by Crippen LogP contribution is -2.08. The molecular formula is C18H16F3N3O2S2. The largest absolute Gasteiger partial charge is 0.478 e. The summed E-state index contributed by atoms with van der Waals surface area (Å²) in [6.07, 6.45) is -1.42. The van der Waals surface area contributed by atoms with E-state index in [9.17, 15) is 28.3 Å². The fourth-order valence-electron chi connectivity index (χ4n) is 2.74. The summed E-state index contributed by atoms with van der Waals surface area (Å²) >= 11 is 1.91. The minimum Gasteiger partial charge on any atom is -0.478 e. The molecule has 1 saturated carbocycles. The number of carboxylic acids is 1. The van der Waals surface area contributed by atoms with Gasteiger partial charge in [-0.25, -0.2) is 9.78 Å². The number of carbonyl (C=O) groups is 1. The number of hydrogen-bond donors (Lipinski definition) is 2. The number of halogens is 3. The van der Waals surface area contributed by atoms with E-state index in [1.54, 1.807) is 6.20 Å². The summed E-state index contributed by atoms with van der Waals surface area (Å²) < 4.78 is 38.8. The smallest absolute Gasteiger partial charge is 0.425 e. The molecule has 0 atom stereocenters. The molecule has 1 fully saturated rings. The highest BCUT2D eigenvalue weighted by molar-refractivity contribution is 7.99. The number of aromatic nitrogens is 1. The summed E-state index contributed by atoms with van der Waals surface area (Å²) in [6, 6.07) is 4.85. The number of alkyl halides is 3. The molecular weight excluding hydrogens is 411 g/mol. The van der Waals surface area contributed by atoms with Gasteiger partial charge in [-0.15, -0.1) is 23.1 Å². The van der Waals surface area contributed by atoms with Gasteiger partial charge in [-0.2, -0.15) is 18.4 Å². The second kappa shape index (κ2) is 7.64. The topological polar surface area (TPSA) is 86.0 Å². The van der Waals surface area contributed by atoms with Crippen molar-refractivity contribution in [3.8, 4) is 6.07 Å². The Morgan fingerprint density at radius 3 is 2.71 bits per heavy atom. The molecule has 0 aromatic carbocycles. The van der Waals surface area contributed by atoms with Crippen LogP contribution < -0.4 is 5.32 Å². The van der Waals surface area contributed by atoms with Crippen molar-refractivity contribution in [1.82, 2.24) is 4.98 Å². The monoisotopic (exact) mass is 427 g/mol. The zero-order valence-corrected chi connectivity index (χ0v) is 16.4. The lowest BCUT2D eigenvalue weighted by molar-refractivity contribution is -0.134. The van der Waals surface area contributed by atoms with Crippen molar-refractivity contribution in [3.05, 3.63) is 39.2 Å². The van der Waals surface area contributed by atoms with E-state index in [1.807, 2.05) is 13.0 Å². The van der Waals surface area contributed by atoms with E-state index < -0.39 is 22.4 Å². The number of anilines is 1. The van der Waals surface area contributed by atoms with E-state index in [0.717, 1.165) is 29.1 Å². The first-order valence-electron chi connectivity index (χ1n) is 8.42. The maximum Gasteiger partial charge on any atom is 0.425 e. The maximum atomic E-state index is 12.9. The third kappa shape index (κ3) is 4.10. The maximum absolute atomic E-state index is 12.9. The minimum absolute atomic E-state index is 0.0776. The number of nitriles is 1. The number of rotatable bonds is 7. The van der Waals surface area contributed by atoms with Crippen molar-refractivity contribution < 1.29 is 23.1 Å². The molecule has 0 unspecified atom stereocenters. The van der Waals surface area contributed by atoms with Gasteiger partial charge < -0.3 is 10.4 Å². The summed E-state index contributed by atoms with van der Waals surface area (Å²) in [5, 5.41) is 21.5. The van der Waals surface area contributed by atoms with Crippen LogP contribution in [0, 0.1) is 11.3 Å². The van der Waals surface area contributed by atoms with E-state index in [-0.39, 0.29) is 17.0 Å². The Morgan fingerprint density at radius 1 is 1.46 bits per heavy atom. The Kier molecular flexibility index (Phi) is 5.59. The molecule has 2 aromatic rings. The predicted octanol–water partition coefficient (Wildman–Crippen LogP) is 5.14. The van der Waals surface area contributed by atoms with Gasteiger partial charge in [-0.05, 0) is 36.3 Å². The van der Waals surface area contributed by atoms with E-state index in [4.69, 9.17) is 0 Å².